The van der Waals surface area contributed by atoms with Crippen molar-refractivity contribution in [3.8, 4) is 0 Å². The maximum atomic E-state index is 12.9. The van der Waals surface area contributed by atoms with Crippen LogP contribution in [0.15, 0.2) is 35.5 Å². The van der Waals surface area contributed by atoms with Crippen molar-refractivity contribution in [1.82, 2.24) is 5.32 Å². The predicted octanol–water partition coefficient (Wildman–Crippen LogP) is -1.99. The third-order valence-electron chi connectivity index (χ3n) is 4.87. The molecule has 1 aromatic carbocycles. The molecule has 0 saturated carbocycles. The lowest BCUT2D eigenvalue weighted by Crippen LogP contribution is -2.50. The van der Waals surface area contributed by atoms with Gasteiger partial charge in [-0.25, -0.2) is 14.4 Å². The number of ether oxygens (including phenoxy) is 2. The van der Waals surface area contributed by atoms with E-state index in [0.29, 0.717) is 6.54 Å². The van der Waals surface area contributed by atoms with Gasteiger partial charge >= 0.3 is 23.9 Å². The molecular weight excluding hydrogens is 488 g/mol. The number of carbonyl (C=O) groups is 4. The van der Waals surface area contributed by atoms with E-state index in [1.807, 2.05) is 0 Å². The Morgan fingerprint density at radius 2 is 1.83 bits per heavy atom. The normalized spacial score (nSPS) is 19.9. The molecule has 35 heavy (non-hydrogen) atoms. The van der Waals surface area contributed by atoms with E-state index in [2.05, 4.69) is 20.0 Å². The summed E-state index contributed by atoms with van der Waals surface area (Å²) in [6, 6.07) is 7.43. The molecule has 1 aromatic rings. The zero-order valence-corrected chi connectivity index (χ0v) is 19.2. The molecule has 14 nitrogen and oxygen atoms in total. The molecule has 0 bridgehead atoms. The number of nitrogens with zero attached hydrogens (tertiary/aromatic N) is 1. The third kappa shape index (κ3) is 9.05. The van der Waals surface area contributed by atoms with Crippen molar-refractivity contribution >= 4 is 40.9 Å². The van der Waals surface area contributed by atoms with Crippen LogP contribution >= 0.6 is 0 Å². The molecule has 0 aromatic heterocycles. The van der Waals surface area contributed by atoms with Crippen LogP contribution in [0.3, 0.4) is 0 Å². The number of guanidine groups is 1. The van der Waals surface area contributed by atoms with Crippen LogP contribution in [0.25, 0.3) is 0 Å². The molecule has 1 fully saturated rings. The minimum Gasteiger partial charge on any atom is -0.772 e. The number of rotatable bonds is 10. The SMILES string of the molecule is NC(N)=NOC(=O)CC(O)(CC(=O)OC(=O)c1ccccc1)C(=O)OC1CCNCC1CS(=O)[O-]. The molecule has 4 atom stereocenters. The van der Waals surface area contributed by atoms with Gasteiger partial charge in [0.1, 0.15) is 6.10 Å². The number of carbonyl (C=O) groups excluding carboxylic acids is 4. The fraction of sp³-hybridized carbons (Fsp3) is 0.450. The molecule has 0 amide bonds. The zero-order chi connectivity index (χ0) is 26.0. The van der Waals surface area contributed by atoms with E-state index in [-0.39, 0.29) is 24.3 Å². The summed E-state index contributed by atoms with van der Waals surface area (Å²) < 4.78 is 32.2. The number of nitrogens with one attached hydrogen (secondary N) is 1. The highest BCUT2D eigenvalue weighted by atomic mass is 32.2. The Morgan fingerprint density at radius 1 is 1.17 bits per heavy atom. The number of piperidine rings is 1. The minimum atomic E-state index is -2.84. The maximum Gasteiger partial charge on any atom is 0.345 e. The van der Waals surface area contributed by atoms with Gasteiger partial charge < -0.3 is 40.8 Å². The van der Waals surface area contributed by atoms with E-state index in [9.17, 15) is 33.0 Å². The summed E-state index contributed by atoms with van der Waals surface area (Å²) in [6.07, 6.45) is -3.03. The summed E-state index contributed by atoms with van der Waals surface area (Å²) in [4.78, 5) is 53.8. The molecule has 0 aliphatic carbocycles. The summed E-state index contributed by atoms with van der Waals surface area (Å²) in [7, 11) is 0. The fourth-order valence-corrected chi connectivity index (χ4v) is 3.92. The average Bonchev–Trinajstić information content (AvgIpc) is 2.79. The van der Waals surface area contributed by atoms with E-state index in [1.54, 1.807) is 6.07 Å². The molecule has 1 saturated heterocycles. The van der Waals surface area contributed by atoms with Crippen LogP contribution in [0, 0.1) is 5.92 Å². The van der Waals surface area contributed by atoms with E-state index in [4.69, 9.17) is 16.2 Å². The van der Waals surface area contributed by atoms with Gasteiger partial charge in [0.2, 0.25) is 5.96 Å². The fourth-order valence-electron chi connectivity index (χ4n) is 3.24. The van der Waals surface area contributed by atoms with Crippen LogP contribution in [0.1, 0.15) is 29.6 Å². The van der Waals surface area contributed by atoms with E-state index >= 15 is 0 Å². The molecular formula is C20H25N4O10S-. The van der Waals surface area contributed by atoms with Gasteiger partial charge in [0.05, 0.1) is 18.4 Å². The van der Waals surface area contributed by atoms with Crippen molar-refractivity contribution < 1.29 is 47.4 Å². The van der Waals surface area contributed by atoms with Crippen molar-refractivity contribution in [2.45, 2.75) is 31.0 Å². The maximum absolute atomic E-state index is 12.9. The highest BCUT2D eigenvalue weighted by molar-refractivity contribution is 7.79. The molecule has 2 rings (SSSR count). The van der Waals surface area contributed by atoms with Gasteiger partial charge in [-0.3, -0.25) is 9.00 Å². The van der Waals surface area contributed by atoms with Gasteiger partial charge in [-0.05, 0) is 30.3 Å². The van der Waals surface area contributed by atoms with Crippen LogP contribution in [0.2, 0.25) is 0 Å². The lowest BCUT2D eigenvalue weighted by Gasteiger charge is -2.34. The van der Waals surface area contributed by atoms with Crippen LogP contribution in [-0.2, 0) is 39.8 Å². The first-order valence-corrected chi connectivity index (χ1v) is 11.5. The van der Waals surface area contributed by atoms with Crippen LogP contribution in [0.4, 0.5) is 0 Å². The van der Waals surface area contributed by atoms with Crippen molar-refractivity contribution in [3.63, 3.8) is 0 Å². The Hall–Kier alpha value is -3.40. The second-order valence-electron chi connectivity index (χ2n) is 7.66. The summed E-state index contributed by atoms with van der Waals surface area (Å²) in [5.41, 5.74) is 7.32. The summed E-state index contributed by atoms with van der Waals surface area (Å²) in [5.74, 6) is -6.71. The van der Waals surface area contributed by atoms with E-state index < -0.39 is 71.4 Å². The third-order valence-corrected chi connectivity index (χ3v) is 5.57. The molecule has 1 heterocycles. The number of benzene rings is 1. The van der Waals surface area contributed by atoms with Crippen LogP contribution in [-0.4, -0.2) is 74.3 Å². The van der Waals surface area contributed by atoms with Gasteiger partial charge in [-0.1, -0.05) is 29.3 Å². The van der Waals surface area contributed by atoms with Gasteiger partial charge in [0.15, 0.2) is 5.60 Å². The Kier molecular flexibility index (Phi) is 10.3. The molecule has 0 spiro atoms. The summed E-state index contributed by atoms with van der Waals surface area (Å²) in [6.45, 7) is 0.600. The largest absolute Gasteiger partial charge is 0.772 e. The standard InChI is InChI=1S/C20H26N4O10S/c21-19(22)24-34-16(26)9-20(29,8-15(25)33-17(27)12-4-2-1-3-5-12)18(28)32-14-6-7-23-10-13(14)11-35(30)31/h1-5,13-14,23,29H,6-11H2,(H,30,31)(H4,21,22,24)/p-1. The minimum absolute atomic E-state index is 0.0299. The first-order chi connectivity index (χ1) is 16.5. The number of esters is 3. The summed E-state index contributed by atoms with van der Waals surface area (Å²) in [5, 5.41) is 16.9. The quantitative estimate of drug-likeness (QED) is 0.0505. The first kappa shape index (κ1) is 27.8. The van der Waals surface area contributed by atoms with Gasteiger partial charge in [0.25, 0.3) is 0 Å². The molecule has 1 aliphatic heterocycles. The van der Waals surface area contributed by atoms with Crippen LogP contribution < -0.4 is 16.8 Å². The smallest absolute Gasteiger partial charge is 0.345 e. The summed E-state index contributed by atoms with van der Waals surface area (Å²) >= 11 is -2.44. The first-order valence-electron chi connectivity index (χ1n) is 10.3. The Bertz CT molecular complexity index is 985. The molecule has 15 heteroatoms. The van der Waals surface area contributed by atoms with Crippen molar-refractivity contribution in [2.24, 2.45) is 22.5 Å². The number of aliphatic hydroxyl groups is 1. The zero-order valence-electron chi connectivity index (χ0n) is 18.4. The molecule has 0 radical (unpaired) electrons. The van der Waals surface area contributed by atoms with Gasteiger partial charge in [0, 0.05) is 18.2 Å². The highest BCUT2D eigenvalue weighted by Gasteiger charge is 2.46. The second-order valence-corrected chi connectivity index (χ2v) is 8.60. The predicted molar refractivity (Wildman–Crippen MR) is 118 cm³/mol. The number of oxime groups is 1. The average molecular weight is 514 g/mol. The van der Waals surface area contributed by atoms with Crippen LogP contribution in [0.5, 0.6) is 0 Å². The van der Waals surface area contributed by atoms with Gasteiger partial charge in [-0.2, -0.15) is 0 Å². The highest BCUT2D eigenvalue weighted by Crippen LogP contribution is 2.25. The van der Waals surface area contributed by atoms with E-state index in [1.165, 1.54) is 24.3 Å². The number of hydrogen-bond acceptors (Lipinski definition) is 12. The van der Waals surface area contributed by atoms with E-state index in [0.717, 1.165) is 0 Å². The second kappa shape index (κ2) is 12.9. The van der Waals surface area contributed by atoms with Crippen molar-refractivity contribution in [2.75, 3.05) is 18.8 Å². The molecule has 6 N–H and O–H groups in total. The van der Waals surface area contributed by atoms with Gasteiger partial charge in [-0.15, -0.1) is 0 Å². The Balaban J connectivity index is 2.18. The lowest BCUT2D eigenvalue weighted by atomic mass is 9.94. The molecule has 192 valence electrons. The van der Waals surface area contributed by atoms with Crippen molar-refractivity contribution in [3.05, 3.63) is 35.9 Å². The number of hydrogen-bond donors (Lipinski definition) is 4. The van der Waals surface area contributed by atoms with Crippen molar-refractivity contribution in [1.29, 1.82) is 0 Å². The Labute approximate surface area is 202 Å². The lowest BCUT2D eigenvalue weighted by molar-refractivity contribution is -0.183. The number of nitrogens with two attached hydrogens (primary N) is 2. The molecule has 1 aliphatic rings. The topological polar surface area (TPSA) is 233 Å². The Morgan fingerprint density at radius 3 is 2.46 bits per heavy atom. The monoisotopic (exact) mass is 513 g/mol. The molecule has 4 unspecified atom stereocenters.